The molecular weight excluding hydrogens is 1190 g/mol. The smallest absolute Gasteiger partial charge is 0.293 e. The first-order chi connectivity index (χ1) is 42.9. The number of sulfonamides is 1. The summed E-state index contributed by atoms with van der Waals surface area (Å²) in [6, 6.07) is 24.5. The van der Waals surface area contributed by atoms with Crippen LogP contribution in [0.5, 0.6) is 5.88 Å². The van der Waals surface area contributed by atoms with Crippen LogP contribution in [0, 0.1) is 15.5 Å². The van der Waals surface area contributed by atoms with Gasteiger partial charge in [-0.3, -0.25) is 49.2 Å². The second kappa shape index (κ2) is 27.1. The van der Waals surface area contributed by atoms with E-state index in [1.165, 1.54) is 34.9 Å². The number of allylic oxidation sites excluding steroid dienone is 1. The first-order valence-corrected chi connectivity index (χ1v) is 31.7. The van der Waals surface area contributed by atoms with Crippen molar-refractivity contribution in [2.75, 3.05) is 119 Å². The van der Waals surface area contributed by atoms with Crippen molar-refractivity contribution >= 4 is 102 Å². The van der Waals surface area contributed by atoms with Gasteiger partial charge in [-0.1, -0.05) is 49.2 Å². The zero-order chi connectivity index (χ0) is 62.4. The van der Waals surface area contributed by atoms with Gasteiger partial charge in [-0.15, -0.1) is 0 Å². The Balaban J connectivity index is 0.673. The molecule has 6 heterocycles. The number of imide groups is 2. The van der Waals surface area contributed by atoms with Crippen molar-refractivity contribution in [1.82, 2.24) is 29.8 Å². The summed E-state index contributed by atoms with van der Waals surface area (Å²) in [6.45, 7) is 11.0. The Bertz CT molecular complexity index is 3850. The maximum absolute atomic E-state index is 14.5. The van der Waals surface area contributed by atoms with Crippen molar-refractivity contribution in [3.05, 3.63) is 140 Å². The molecule has 5 N–H and O–H groups in total. The molecule has 1 aliphatic carbocycles. The van der Waals surface area contributed by atoms with Crippen LogP contribution in [0.3, 0.4) is 0 Å². The summed E-state index contributed by atoms with van der Waals surface area (Å²) in [5, 5.41) is 22.2. The average Bonchev–Trinajstić information content (AvgIpc) is 1.72. The standard InChI is InChI=1S/C63H70ClN11O13S/c1-63(2)19-17-42(48(38-63)40-7-9-43(64)10-8-40)39-71-24-26-72(27-25-71)44-11-13-46(52(36-44)73-23-4-28-88-60-54(73)35-41-18-20-67-57(41)69-60)58(77)70-89(83,84)45-12-14-49(53(37-45)75(81)82)65-21-29-85-31-33-87-34-32-86-30-22-66-50-6-3-5-47-56(50)62(80)74(61(47)79)51-15-16-55(76)68-59(51)78/h3,5-14,18,20,35-37,51,65-66H,4,15-17,19,21-34,38-39H2,1-2H3,(H,67,69)(H,70,77)(H,68,76,78). The number of amides is 5. The molecule has 0 saturated carbocycles. The molecule has 11 rings (SSSR count). The van der Waals surface area contributed by atoms with Crippen LogP contribution < -0.4 is 35.2 Å². The molecule has 4 aliphatic heterocycles. The Morgan fingerprint density at radius 3 is 2.29 bits per heavy atom. The molecule has 2 fully saturated rings. The molecule has 1 unspecified atom stereocenters. The van der Waals surface area contributed by atoms with Crippen molar-refractivity contribution in [2.45, 2.75) is 63.3 Å². The van der Waals surface area contributed by atoms with E-state index in [-0.39, 0.29) is 86.8 Å². The van der Waals surface area contributed by atoms with Gasteiger partial charge < -0.3 is 44.4 Å². The molecule has 1 atom stereocenters. The number of piperazine rings is 1. The summed E-state index contributed by atoms with van der Waals surface area (Å²) in [7, 11) is -4.68. The fourth-order valence-corrected chi connectivity index (χ4v) is 13.1. The van der Waals surface area contributed by atoms with Crippen molar-refractivity contribution < 1.29 is 56.3 Å². The first kappa shape index (κ1) is 62.2. The summed E-state index contributed by atoms with van der Waals surface area (Å²) >= 11 is 6.29. The van der Waals surface area contributed by atoms with E-state index in [4.69, 9.17) is 35.5 Å². The Labute approximate surface area is 519 Å². The van der Waals surface area contributed by atoms with E-state index in [1.807, 2.05) is 41.3 Å². The van der Waals surface area contributed by atoms with E-state index in [0.29, 0.717) is 72.8 Å². The summed E-state index contributed by atoms with van der Waals surface area (Å²) in [5.74, 6) is -2.91. The number of ether oxygens (including phenoxy) is 4. The third kappa shape index (κ3) is 14.2. The fourth-order valence-electron chi connectivity index (χ4n) is 12.0. The number of pyridine rings is 1. The van der Waals surface area contributed by atoms with E-state index < -0.39 is 61.1 Å². The Morgan fingerprint density at radius 2 is 1.56 bits per heavy atom. The second-order valence-electron chi connectivity index (χ2n) is 23.2. The van der Waals surface area contributed by atoms with E-state index in [9.17, 15) is 42.5 Å². The summed E-state index contributed by atoms with van der Waals surface area (Å²) in [6.07, 6.45) is 5.55. The number of benzene rings is 4. The molecule has 26 heteroatoms. The third-order valence-electron chi connectivity index (χ3n) is 16.6. The van der Waals surface area contributed by atoms with Crippen LogP contribution >= 0.6 is 11.6 Å². The molecule has 4 aromatic carbocycles. The molecule has 2 aromatic heterocycles. The van der Waals surface area contributed by atoms with Crippen LogP contribution in [0.25, 0.3) is 16.6 Å². The summed E-state index contributed by atoms with van der Waals surface area (Å²) < 4.78 is 53.5. The number of nitrogens with one attached hydrogen (secondary N) is 5. The maximum atomic E-state index is 14.5. The van der Waals surface area contributed by atoms with E-state index >= 15 is 0 Å². The fraction of sp³-hybridized carbons (Fsp3) is 0.397. The van der Waals surface area contributed by atoms with Gasteiger partial charge >= 0.3 is 0 Å². The zero-order valence-electron chi connectivity index (χ0n) is 49.4. The number of hydrogen-bond donors (Lipinski definition) is 5. The van der Waals surface area contributed by atoms with Crippen molar-refractivity contribution in [2.24, 2.45) is 5.41 Å². The Kier molecular flexibility index (Phi) is 18.9. The van der Waals surface area contributed by atoms with Crippen LogP contribution in [-0.2, 0) is 33.8 Å². The highest BCUT2D eigenvalue weighted by Gasteiger charge is 2.46. The van der Waals surface area contributed by atoms with Crippen molar-refractivity contribution in [3.63, 3.8) is 0 Å². The van der Waals surface area contributed by atoms with Crippen LogP contribution in [0.4, 0.5) is 34.1 Å². The number of nitro groups is 1. The topological polar surface area (TPSA) is 289 Å². The van der Waals surface area contributed by atoms with E-state index in [1.54, 1.807) is 24.4 Å². The Hall–Kier alpha value is -8.46. The number of anilines is 5. The number of aromatic amines is 1. The zero-order valence-corrected chi connectivity index (χ0v) is 51.0. The minimum atomic E-state index is -4.68. The largest absolute Gasteiger partial charge is 0.476 e. The van der Waals surface area contributed by atoms with E-state index in [2.05, 4.69) is 61.4 Å². The molecule has 24 nitrogen and oxygen atoms in total. The normalized spacial score (nSPS) is 17.9. The number of halogens is 1. The molecule has 468 valence electrons. The average molecular weight is 1260 g/mol. The number of nitro benzene ring substituents is 1. The number of nitrogens with zero attached hydrogens (tertiary/aromatic N) is 6. The Morgan fingerprint density at radius 1 is 0.831 bits per heavy atom. The molecule has 0 bridgehead atoms. The summed E-state index contributed by atoms with van der Waals surface area (Å²) in [5.41, 5.74) is 7.10. The number of carbonyl (C=O) groups is 5. The highest BCUT2D eigenvalue weighted by Crippen LogP contribution is 2.44. The van der Waals surface area contributed by atoms with Gasteiger partial charge in [0, 0.05) is 92.8 Å². The lowest BCUT2D eigenvalue weighted by atomic mass is 9.72. The van der Waals surface area contributed by atoms with Gasteiger partial charge in [0.25, 0.3) is 33.4 Å². The van der Waals surface area contributed by atoms with Gasteiger partial charge in [0.15, 0.2) is 0 Å². The minimum absolute atomic E-state index is 0.0225. The number of hydrogen-bond acceptors (Lipinski definition) is 19. The molecule has 0 spiro atoms. The third-order valence-corrected chi connectivity index (χ3v) is 18.2. The monoisotopic (exact) mass is 1260 g/mol. The number of fused-ring (bicyclic) bond motifs is 3. The molecule has 2 saturated heterocycles. The molecule has 0 radical (unpaired) electrons. The minimum Gasteiger partial charge on any atom is -0.476 e. The van der Waals surface area contributed by atoms with Crippen LogP contribution in [0.15, 0.2) is 108 Å². The molecule has 5 amide bonds. The molecule has 89 heavy (non-hydrogen) atoms. The van der Waals surface area contributed by atoms with Gasteiger partial charge in [-0.2, -0.15) is 4.98 Å². The second-order valence-corrected chi connectivity index (χ2v) is 25.3. The highest BCUT2D eigenvalue weighted by atomic mass is 35.5. The van der Waals surface area contributed by atoms with Gasteiger partial charge in [0.05, 0.1) is 78.4 Å². The highest BCUT2D eigenvalue weighted by molar-refractivity contribution is 7.90. The van der Waals surface area contributed by atoms with E-state index in [0.717, 1.165) is 60.9 Å². The number of aromatic nitrogens is 2. The van der Waals surface area contributed by atoms with Gasteiger partial charge in [-0.25, -0.2) is 13.1 Å². The SMILES string of the molecule is CC1(C)CCC(CN2CCN(c3ccc(C(=O)NS(=O)(=O)c4ccc(NCCOCCOCCOCCNc5cccc6c5C(=O)N(C5CCC(=O)NC5=O)C6=O)c([N+](=O)[O-])c4)c(N4CCCOc5nc6[nH]ccc6cc54)c3)CC2)=C(c2ccc(Cl)cc2)C1. The van der Waals surface area contributed by atoms with Crippen LogP contribution in [0.1, 0.15) is 89.0 Å². The van der Waals surface area contributed by atoms with Gasteiger partial charge in [-0.05, 0) is 115 Å². The number of carbonyl (C=O) groups excluding carboxylic acids is 5. The lowest BCUT2D eigenvalue weighted by Crippen LogP contribution is -2.54. The lowest BCUT2D eigenvalue weighted by molar-refractivity contribution is -0.384. The number of rotatable bonds is 24. The number of H-pyrrole nitrogens is 1. The lowest BCUT2D eigenvalue weighted by Gasteiger charge is -2.39. The molecule has 6 aromatic rings. The quantitative estimate of drug-likeness (QED) is 0.0166. The molecular formula is C63H70ClN11O13S. The predicted molar refractivity (Wildman–Crippen MR) is 335 cm³/mol. The van der Waals surface area contributed by atoms with Crippen molar-refractivity contribution in [3.8, 4) is 5.88 Å². The first-order valence-electron chi connectivity index (χ1n) is 29.8. The predicted octanol–water partition coefficient (Wildman–Crippen LogP) is 7.92. The summed E-state index contributed by atoms with van der Waals surface area (Å²) in [4.78, 5) is 91.8. The van der Waals surface area contributed by atoms with Gasteiger partial charge in [0.1, 0.15) is 23.1 Å². The van der Waals surface area contributed by atoms with Crippen LogP contribution in [0.2, 0.25) is 5.02 Å². The maximum Gasteiger partial charge on any atom is 0.293 e. The van der Waals surface area contributed by atoms with Crippen LogP contribution in [-0.4, -0.2) is 167 Å². The van der Waals surface area contributed by atoms with Crippen molar-refractivity contribution in [1.29, 1.82) is 0 Å². The van der Waals surface area contributed by atoms with Gasteiger partial charge in [0.2, 0.25) is 17.7 Å². The molecule has 5 aliphatic rings. The number of piperidine rings is 1.